The SMILES string of the molecule is CN1CCC(C(=O)O)=C(c2ccccc2C(F)(F)F)C1. The summed E-state index contributed by atoms with van der Waals surface area (Å²) in [6.07, 6.45) is -4.25. The summed E-state index contributed by atoms with van der Waals surface area (Å²) in [5.74, 6) is -1.15. The molecule has 3 nitrogen and oxygen atoms in total. The van der Waals surface area contributed by atoms with Crippen LogP contribution in [0.15, 0.2) is 29.8 Å². The number of alkyl halides is 3. The van der Waals surface area contributed by atoms with Gasteiger partial charge in [0.15, 0.2) is 0 Å². The lowest BCUT2D eigenvalue weighted by molar-refractivity contribution is -0.138. The predicted molar refractivity (Wildman–Crippen MR) is 68.1 cm³/mol. The number of carbonyl (C=O) groups is 1. The summed E-state index contributed by atoms with van der Waals surface area (Å²) >= 11 is 0. The number of aliphatic carboxylic acids is 1. The molecule has 6 heteroatoms. The maximum atomic E-state index is 13.0. The van der Waals surface area contributed by atoms with Crippen molar-refractivity contribution in [3.63, 3.8) is 0 Å². The molecule has 1 aliphatic heterocycles. The van der Waals surface area contributed by atoms with Gasteiger partial charge in [-0.15, -0.1) is 0 Å². The zero-order valence-corrected chi connectivity index (χ0v) is 10.9. The van der Waals surface area contributed by atoms with Crippen LogP contribution in [0.3, 0.4) is 0 Å². The molecule has 1 heterocycles. The van der Waals surface area contributed by atoms with Crippen LogP contribution in [0, 0.1) is 0 Å². The Hall–Kier alpha value is -1.82. The van der Waals surface area contributed by atoms with E-state index in [4.69, 9.17) is 0 Å². The van der Waals surface area contributed by atoms with E-state index >= 15 is 0 Å². The van der Waals surface area contributed by atoms with Crippen molar-refractivity contribution in [2.45, 2.75) is 12.6 Å². The average Bonchev–Trinajstić information content (AvgIpc) is 2.37. The van der Waals surface area contributed by atoms with Crippen molar-refractivity contribution < 1.29 is 23.1 Å². The highest BCUT2D eigenvalue weighted by Gasteiger charge is 2.35. The summed E-state index contributed by atoms with van der Waals surface area (Å²) in [4.78, 5) is 13.1. The minimum absolute atomic E-state index is 0.0380. The first-order valence-electron chi connectivity index (χ1n) is 6.11. The highest BCUT2D eigenvalue weighted by atomic mass is 19.4. The van der Waals surface area contributed by atoms with Gasteiger partial charge in [-0.05, 0) is 30.7 Å². The quantitative estimate of drug-likeness (QED) is 0.908. The van der Waals surface area contributed by atoms with Crippen molar-refractivity contribution in [2.75, 3.05) is 20.1 Å². The molecule has 1 N–H and O–H groups in total. The lowest BCUT2D eigenvalue weighted by atomic mass is 9.91. The van der Waals surface area contributed by atoms with Crippen LogP contribution in [0.25, 0.3) is 5.57 Å². The number of carboxylic acids is 1. The number of hydrogen-bond acceptors (Lipinski definition) is 2. The van der Waals surface area contributed by atoms with Crippen molar-refractivity contribution in [1.29, 1.82) is 0 Å². The van der Waals surface area contributed by atoms with Crippen molar-refractivity contribution >= 4 is 11.5 Å². The van der Waals surface area contributed by atoms with E-state index in [0.717, 1.165) is 6.07 Å². The van der Waals surface area contributed by atoms with Crippen LogP contribution >= 0.6 is 0 Å². The number of likely N-dealkylation sites (N-methyl/N-ethyl adjacent to an activating group) is 1. The monoisotopic (exact) mass is 285 g/mol. The largest absolute Gasteiger partial charge is 0.478 e. The molecular weight excluding hydrogens is 271 g/mol. The van der Waals surface area contributed by atoms with Crippen LogP contribution in [-0.2, 0) is 11.0 Å². The van der Waals surface area contributed by atoms with Gasteiger partial charge in [0, 0.05) is 18.7 Å². The third kappa shape index (κ3) is 2.85. The molecule has 0 fully saturated rings. The highest BCUT2D eigenvalue weighted by Crippen LogP contribution is 2.37. The van der Waals surface area contributed by atoms with E-state index in [1.165, 1.54) is 18.2 Å². The van der Waals surface area contributed by atoms with Gasteiger partial charge in [-0.3, -0.25) is 0 Å². The Morgan fingerprint density at radius 2 is 1.95 bits per heavy atom. The van der Waals surface area contributed by atoms with E-state index in [9.17, 15) is 23.1 Å². The Labute approximate surface area is 114 Å². The molecule has 1 aromatic rings. The molecular formula is C14H14F3NO2. The molecule has 20 heavy (non-hydrogen) atoms. The molecule has 1 aromatic carbocycles. The second-order valence-corrected chi connectivity index (χ2v) is 4.79. The summed E-state index contributed by atoms with van der Waals surface area (Å²) in [5, 5.41) is 9.19. The second-order valence-electron chi connectivity index (χ2n) is 4.79. The van der Waals surface area contributed by atoms with Gasteiger partial charge in [0.1, 0.15) is 0 Å². The van der Waals surface area contributed by atoms with E-state index in [-0.39, 0.29) is 29.7 Å². The maximum absolute atomic E-state index is 13.0. The molecule has 0 saturated carbocycles. The number of hydrogen-bond donors (Lipinski definition) is 1. The first kappa shape index (κ1) is 14.6. The van der Waals surface area contributed by atoms with Gasteiger partial charge >= 0.3 is 12.1 Å². The van der Waals surface area contributed by atoms with Crippen molar-refractivity contribution in [3.05, 3.63) is 41.0 Å². The minimum atomic E-state index is -4.50. The van der Waals surface area contributed by atoms with Gasteiger partial charge in [0.2, 0.25) is 0 Å². The van der Waals surface area contributed by atoms with Crippen LogP contribution in [0.5, 0.6) is 0 Å². The van der Waals surface area contributed by atoms with Gasteiger partial charge in [0.05, 0.1) is 5.56 Å². The van der Waals surface area contributed by atoms with Crippen LogP contribution in [-0.4, -0.2) is 36.1 Å². The zero-order valence-electron chi connectivity index (χ0n) is 10.9. The third-order valence-electron chi connectivity index (χ3n) is 3.35. The molecule has 0 aromatic heterocycles. The van der Waals surface area contributed by atoms with Crippen LogP contribution in [0.4, 0.5) is 13.2 Å². The Balaban J connectivity index is 2.62. The average molecular weight is 285 g/mol. The molecule has 0 unspecified atom stereocenters. The van der Waals surface area contributed by atoms with Gasteiger partial charge in [-0.25, -0.2) is 4.79 Å². The van der Waals surface area contributed by atoms with Crippen LogP contribution in [0.2, 0.25) is 0 Å². The topological polar surface area (TPSA) is 40.5 Å². The minimum Gasteiger partial charge on any atom is -0.478 e. The molecule has 1 aliphatic rings. The van der Waals surface area contributed by atoms with E-state index in [1.807, 2.05) is 4.90 Å². The number of benzene rings is 1. The van der Waals surface area contributed by atoms with Crippen molar-refractivity contribution in [2.24, 2.45) is 0 Å². The molecule has 2 rings (SSSR count). The van der Waals surface area contributed by atoms with Gasteiger partial charge in [-0.1, -0.05) is 18.2 Å². The van der Waals surface area contributed by atoms with Crippen LogP contribution in [0.1, 0.15) is 17.5 Å². The smallest absolute Gasteiger partial charge is 0.416 e. The fourth-order valence-corrected chi connectivity index (χ4v) is 2.38. The Morgan fingerprint density at radius 3 is 2.55 bits per heavy atom. The normalized spacial score (nSPS) is 17.4. The lowest BCUT2D eigenvalue weighted by Gasteiger charge is -2.27. The molecule has 108 valence electrons. The zero-order chi connectivity index (χ0) is 14.9. The van der Waals surface area contributed by atoms with Gasteiger partial charge < -0.3 is 10.0 Å². The Kier molecular flexibility index (Phi) is 3.85. The number of rotatable bonds is 2. The molecule has 0 atom stereocenters. The molecule has 0 radical (unpaired) electrons. The Bertz CT molecular complexity index is 564. The van der Waals surface area contributed by atoms with Gasteiger partial charge in [-0.2, -0.15) is 13.2 Å². The van der Waals surface area contributed by atoms with E-state index in [1.54, 1.807) is 7.05 Å². The van der Waals surface area contributed by atoms with E-state index < -0.39 is 17.7 Å². The number of carboxylic acid groups (broad SMARTS) is 1. The maximum Gasteiger partial charge on any atom is 0.416 e. The molecule has 0 saturated heterocycles. The first-order chi connectivity index (χ1) is 9.30. The molecule has 0 aliphatic carbocycles. The fraction of sp³-hybridized carbons (Fsp3) is 0.357. The number of nitrogens with zero attached hydrogens (tertiary/aromatic N) is 1. The van der Waals surface area contributed by atoms with Gasteiger partial charge in [0.25, 0.3) is 0 Å². The summed E-state index contributed by atoms with van der Waals surface area (Å²) < 4.78 is 39.1. The number of halogens is 3. The lowest BCUT2D eigenvalue weighted by Crippen LogP contribution is -2.30. The Morgan fingerprint density at radius 1 is 1.30 bits per heavy atom. The second kappa shape index (κ2) is 5.28. The predicted octanol–water partition coefficient (Wildman–Crippen LogP) is 2.88. The van der Waals surface area contributed by atoms with E-state index in [2.05, 4.69) is 0 Å². The van der Waals surface area contributed by atoms with E-state index in [0.29, 0.717) is 6.54 Å². The summed E-state index contributed by atoms with van der Waals surface area (Å²) in [6.45, 7) is 0.730. The molecule has 0 spiro atoms. The summed E-state index contributed by atoms with van der Waals surface area (Å²) in [7, 11) is 1.76. The molecule has 0 amide bonds. The molecule has 0 bridgehead atoms. The highest BCUT2D eigenvalue weighted by molar-refractivity contribution is 5.97. The van der Waals surface area contributed by atoms with Crippen molar-refractivity contribution in [3.8, 4) is 0 Å². The summed E-state index contributed by atoms with van der Waals surface area (Å²) in [6, 6.07) is 5.11. The first-order valence-corrected chi connectivity index (χ1v) is 6.11. The standard InChI is InChI=1S/C14H14F3NO2/c1-18-7-6-10(13(19)20)11(8-18)9-4-2-3-5-12(9)14(15,16)17/h2-5H,6-8H2,1H3,(H,19,20). The summed E-state index contributed by atoms with van der Waals surface area (Å²) in [5.41, 5.74) is -0.507. The van der Waals surface area contributed by atoms with Crippen LogP contribution < -0.4 is 0 Å². The fourth-order valence-electron chi connectivity index (χ4n) is 2.38. The van der Waals surface area contributed by atoms with Crippen molar-refractivity contribution in [1.82, 2.24) is 4.90 Å². The third-order valence-corrected chi connectivity index (χ3v) is 3.35.